The van der Waals surface area contributed by atoms with Crippen molar-refractivity contribution in [1.82, 2.24) is 0 Å². The van der Waals surface area contributed by atoms with Gasteiger partial charge in [-0.3, -0.25) is 21.3 Å². The Labute approximate surface area is 288 Å². The van der Waals surface area contributed by atoms with Gasteiger partial charge < -0.3 is 18.9 Å². The van der Waals surface area contributed by atoms with Gasteiger partial charge in [0.2, 0.25) is 0 Å². The third-order valence-electron chi connectivity index (χ3n) is 6.97. The highest BCUT2D eigenvalue weighted by atomic mass is 16.6. The van der Waals surface area contributed by atoms with Crippen molar-refractivity contribution in [1.29, 1.82) is 0 Å². The van der Waals surface area contributed by atoms with Crippen molar-refractivity contribution in [2.24, 2.45) is 0 Å². The summed E-state index contributed by atoms with van der Waals surface area (Å²) in [5, 5.41) is 10.5. The molecule has 2 atom stereocenters. The van der Waals surface area contributed by atoms with Crippen LogP contribution in [-0.4, -0.2) is 37.6 Å². The molecule has 4 amide bonds. The van der Waals surface area contributed by atoms with Crippen LogP contribution in [0.15, 0.2) is 146 Å². The Kier molecular flexibility index (Phi) is 12.4. The lowest BCUT2D eigenvalue weighted by atomic mass is 10.0. The van der Waals surface area contributed by atoms with E-state index in [-0.39, 0.29) is 13.2 Å². The first-order valence-electron chi connectivity index (χ1n) is 15.5. The van der Waals surface area contributed by atoms with E-state index in [4.69, 9.17) is 18.9 Å². The Hall–Kier alpha value is -6.82. The summed E-state index contributed by atoms with van der Waals surface area (Å²) in [4.78, 5) is 51.2. The number of hydrogen-bond acceptors (Lipinski definition) is 8. The van der Waals surface area contributed by atoms with Crippen molar-refractivity contribution in [2.75, 3.05) is 34.5 Å². The van der Waals surface area contributed by atoms with Crippen molar-refractivity contribution in [2.45, 2.75) is 12.2 Å². The summed E-state index contributed by atoms with van der Waals surface area (Å²) < 4.78 is 22.4. The monoisotopic (exact) mass is 674 g/mol. The summed E-state index contributed by atoms with van der Waals surface area (Å²) in [6.07, 6.45) is -5.31. The standard InChI is InChI=1S/C38H34N4O8/c43-35(39-29-16-5-1-6-17-29)47-25-33(49-37(45)41-31-20-9-3-10-21-31)27-14-13-15-28(24-27)34(50-38(46)42-32-22-11-4-12-23-32)26-48-36(44)40-30-18-7-2-8-19-30/h1-24,33-34H,25-26H2,(H,39,43)(H,40,44)(H,41,45)(H,42,46)/t33-,34-/m0/s1. The average Bonchev–Trinajstić information content (AvgIpc) is 3.13. The van der Waals surface area contributed by atoms with E-state index >= 15 is 0 Å². The van der Waals surface area contributed by atoms with E-state index in [0.29, 0.717) is 33.9 Å². The molecule has 0 aliphatic rings. The zero-order valence-electron chi connectivity index (χ0n) is 26.7. The highest BCUT2D eigenvalue weighted by molar-refractivity contribution is 5.86. The van der Waals surface area contributed by atoms with Crippen LogP contribution in [0.25, 0.3) is 0 Å². The third kappa shape index (κ3) is 11.2. The summed E-state index contributed by atoms with van der Waals surface area (Å²) >= 11 is 0. The van der Waals surface area contributed by atoms with Crippen LogP contribution in [0.5, 0.6) is 0 Å². The van der Waals surface area contributed by atoms with E-state index in [0.717, 1.165) is 0 Å². The van der Waals surface area contributed by atoms with Crippen LogP contribution < -0.4 is 21.3 Å². The summed E-state index contributed by atoms with van der Waals surface area (Å²) in [6.45, 7) is -0.722. The zero-order valence-corrected chi connectivity index (χ0v) is 26.7. The minimum absolute atomic E-state index is 0.361. The number of carbonyl (C=O) groups excluding carboxylic acids is 4. The molecule has 4 N–H and O–H groups in total. The van der Waals surface area contributed by atoms with Gasteiger partial charge in [-0.25, -0.2) is 19.2 Å². The summed E-state index contributed by atoms with van der Waals surface area (Å²) in [5.74, 6) is 0. The Bertz CT molecular complexity index is 1710. The van der Waals surface area contributed by atoms with Crippen molar-refractivity contribution >= 4 is 47.1 Å². The van der Waals surface area contributed by atoms with E-state index in [9.17, 15) is 19.2 Å². The van der Waals surface area contributed by atoms with E-state index in [2.05, 4.69) is 21.3 Å². The number of carbonyl (C=O) groups is 4. The lowest BCUT2D eigenvalue weighted by Crippen LogP contribution is -2.25. The van der Waals surface area contributed by atoms with Crippen LogP contribution in [-0.2, 0) is 18.9 Å². The Morgan fingerprint density at radius 3 is 1.02 bits per heavy atom. The molecule has 5 aromatic carbocycles. The largest absolute Gasteiger partial charge is 0.445 e. The smallest absolute Gasteiger partial charge is 0.412 e. The maximum atomic E-state index is 13.0. The van der Waals surface area contributed by atoms with Crippen LogP contribution in [0, 0.1) is 0 Å². The molecule has 0 heterocycles. The molecular weight excluding hydrogens is 640 g/mol. The van der Waals surface area contributed by atoms with E-state index in [1.165, 1.54) is 0 Å². The van der Waals surface area contributed by atoms with Gasteiger partial charge in [-0.05, 0) is 65.7 Å². The molecule has 0 aromatic heterocycles. The molecule has 0 unspecified atom stereocenters. The number of anilines is 4. The molecule has 5 aromatic rings. The highest BCUT2D eigenvalue weighted by Gasteiger charge is 2.24. The van der Waals surface area contributed by atoms with Gasteiger partial charge in [-0.1, -0.05) is 91.0 Å². The predicted octanol–water partition coefficient (Wildman–Crippen LogP) is 8.76. The molecule has 0 bridgehead atoms. The zero-order chi connectivity index (χ0) is 35.0. The molecule has 0 aliphatic carbocycles. The van der Waals surface area contributed by atoms with Crippen molar-refractivity contribution < 1.29 is 38.1 Å². The molecule has 0 spiro atoms. The Morgan fingerprint density at radius 2 is 0.700 bits per heavy atom. The maximum absolute atomic E-state index is 13.0. The molecule has 12 heteroatoms. The average molecular weight is 675 g/mol. The molecule has 12 nitrogen and oxygen atoms in total. The molecule has 0 saturated carbocycles. The highest BCUT2D eigenvalue weighted by Crippen LogP contribution is 2.26. The van der Waals surface area contributed by atoms with Crippen LogP contribution >= 0.6 is 0 Å². The van der Waals surface area contributed by atoms with Gasteiger partial charge in [0.25, 0.3) is 0 Å². The molecule has 0 radical (unpaired) electrons. The number of benzene rings is 5. The second kappa shape index (κ2) is 17.9. The predicted molar refractivity (Wildman–Crippen MR) is 188 cm³/mol. The lowest BCUT2D eigenvalue weighted by molar-refractivity contribution is 0.0517. The summed E-state index contributed by atoms with van der Waals surface area (Å²) in [6, 6.07) is 41.4. The maximum Gasteiger partial charge on any atom is 0.412 e. The molecule has 5 rings (SSSR count). The fourth-order valence-electron chi connectivity index (χ4n) is 4.61. The minimum atomic E-state index is -1.10. The van der Waals surface area contributed by atoms with E-state index < -0.39 is 36.6 Å². The fraction of sp³-hybridized carbons (Fsp3) is 0.105. The van der Waals surface area contributed by atoms with Crippen LogP contribution in [0.1, 0.15) is 23.3 Å². The van der Waals surface area contributed by atoms with Gasteiger partial charge >= 0.3 is 24.4 Å². The molecule has 0 fully saturated rings. The van der Waals surface area contributed by atoms with Crippen LogP contribution in [0.4, 0.5) is 41.9 Å². The van der Waals surface area contributed by atoms with Crippen molar-refractivity contribution in [3.05, 3.63) is 157 Å². The first kappa shape index (κ1) is 34.5. The normalized spacial score (nSPS) is 11.5. The quantitative estimate of drug-likeness (QED) is 0.0958. The van der Waals surface area contributed by atoms with Crippen molar-refractivity contribution in [3.8, 4) is 0 Å². The second-order valence-electron chi connectivity index (χ2n) is 10.6. The molecular formula is C38H34N4O8. The van der Waals surface area contributed by atoms with Gasteiger partial charge in [0.15, 0.2) is 12.2 Å². The first-order chi connectivity index (χ1) is 24.4. The number of rotatable bonds is 12. The first-order valence-corrected chi connectivity index (χ1v) is 15.5. The van der Waals surface area contributed by atoms with Crippen LogP contribution in [0.3, 0.4) is 0 Å². The number of para-hydroxylation sites is 4. The number of amides is 4. The molecule has 0 saturated heterocycles. The summed E-state index contributed by atoms with van der Waals surface area (Å²) in [5.41, 5.74) is 2.84. The SMILES string of the molecule is O=C(Nc1ccccc1)OC[C@H](OC(=O)Nc1ccccc1)c1cccc([C@H](COC(=O)Nc2ccccc2)OC(=O)Nc2ccccc2)c1. The number of hydrogen-bond donors (Lipinski definition) is 4. The van der Waals surface area contributed by atoms with E-state index in [1.54, 1.807) is 133 Å². The fourth-order valence-corrected chi connectivity index (χ4v) is 4.61. The van der Waals surface area contributed by atoms with Gasteiger partial charge in [-0.15, -0.1) is 0 Å². The second-order valence-corrected chi connectivity index (χ2v) is 10.6. The van der Waals surface area contributed by atoms with Gasteiger partial charge in [-0.2, -0.15) is 0 Å². The lowest BCUT2D eigenvalue weighted by Gasteiger charge is -2.22. The third-order valence-corrected chi connectivity index (χ3v) is 6.97. The Morgan fingerprint density at radius 1 is 0.400 bits per heavy atom. The van der Waals surface area contributed by atoms with E-state index in [1.807, 2.05) is 12.1 Å². The van der Waals surface area contributed by atoms with Crippen molar-refractivity contribution in [3.63, 3.8) is 0 Å². The molecule has 0 aliphatic heterocycles. The van der Waals surface area contributed by atoms with Gasteiger partial charge in [0, 0.05) is 22.7 Å². The minimum Gasteiger partial charge on any atom is -0.445 e. The van der Waals surface area contributed by atoms with Crippen LogP contribution in [0.2, 0.25) is 0 Å². The van der Waals surface area contributed by atoms with Gasteiger partial charge in [0.05, 0.1) is 0 Å². The number of ether oxygens (including phenoxy) is 4. The molecule has 254 valence electrons. The number of nitrogens with one attached hydrogen (secondary N) is 4. The topological polar surface area (TPSA) is 153 Å². The van der Waals surface area contributed by atoms with Gasteiger partial charge in [0.1, 0.15) is 13.2 Å². The summed E-state index contributed by atoms with van der Waals surface area (Å²) in [7, 11) is 0. The molecule has 50 heavy (non-hydrogen) atoms. The Balaban J connectivity index is 1.35.